The van der Waals surface area contributed by atoms with E-state index < -0.39 is 16.8 Å². The zero-order valence-electron chi connectivity index (χ0n) is 11.1. The number of nitrogens with zero attached hydrogens (tertiary/aromatic N) is 2. The first-order chi connectivity index (χ1) is 9.49. The number of nitro groups is 1. The molecule has 1 heterocycles. The average Bonchev–Trinajstić information content (AvgIpc) is 2.88. The Morgan fingerprint density at radius 3 is 2.95 bits per heavy atom. The van der Waals surface area contributed by atoms with Crippen molar-refractivity contribution in [2.45, 2.75) is 12.6 Å². The standard InChI is InChI=1S/C13H16N2O5/c1-14(12-8-20-7-11(12)13(16)17)6-9-3-2-4-10(5-9)15(18)19/h2-5,11-12H,6-8H2,1H3,(H,16,17). The maximum atomic E-state index is 11.1. The van der Waals surface area contributed by atoms with Crippen LogP contribution in [0.4, 0.5) is 5.69 Å². The number of likely N-dealkylation sites (N-methyl/N-ethyl adjacent to an activating group) is 1. The Kier molecular flexibility index (Phi) is 4.31. The van der Waals surface area contributed by atoms with E-state index in [1.165, 1.54) is 12.1 Å². The number of carboxylic acid groups (broad SMARTS) is 1. The lowest BCUT2D eigenvalue weighted by molar-refractivity contribution is -0.384. The molecule has 1 N–H and O–H groups in total. The molecule has 0 radical (unpaired) electrons. The third kappa shape index (κ3) is 3.12. The summed E-state index contributed by atoms with van der Waals surface area (Å²) in [5.41, 5.74) is 0.811. The number of aliphatic carboxylic acids is 1. The van der Waals surface area contributed by atoms with Crippen LogP contribution in [0, 0.1) is 16.0 Å². The highest BCUT2D eigenvalue weighted by atomic mass is 16.6. The SMILES string of the molecule is CN(Cc1cccc([N+](=O)[O-])c1)C1COCC1C(=O)O. The van der Waals surface area contributed by atoms with E-state index in [1.54, 1.807) is 19.2 Å². The number of carbonyl (C=O) groups is 1. The largest absolute Gasteiger partial charge is 0.481 e. The highest BCUT2D eigenvalue weighted by molar-refractivity contribution is 5.71. The van der Waals surface area contributed by atoms with Gasteiger partial charge in [-0.1, -0.05) is 12.1 Å². The Labute approximate surface area is 115 Å². The van der Waals surface area contributed by atoms with Crippen LogP contribution in [-0.2, 0) is 16.1 Å². The van der Waals surface area contributed by atoms with E-state index >= 15 is 0 Å². The first-order valence-electron chi connectivity index (χ1n) is 6.23. The molecule has 1 saturated heterocycles. The molecular weight excluding hydrogens is 264 g/mol. The molecule has 0 aromatic heterocycles. The van der Waals surface area contributed by atoms with Crippen LogP contribution >= 0.6 is 0 Å². The third-order valence-corrected chi connectivity index (χ3v) is 3.49. The summed E-state index contributed by atoms with van der Waals surface area (Å²) >= 11 is 0. The second-order valence-corrected chi connectivity index (χ2v) is 4.89. The number of carboxylic acids is 1. The van der Waals surface area contributed by atoms with E-state index in [0.717, 1.165) is 5.56 Å². The molecule has 20 heavy (non-hydrogen) atoms. The van der Waals surface area contributed by atoms with Crippen molar-refractivity contribution in [3.05, 3.63) is 39.9 Å². The fourth-order valence-electron chi connectivity index (χ4n) is 2.39. The molecule has 0 aliphatic carbocycles. The molecule has 0 amide bonds. The van der Waals surface area contributed by atoms with Gasteiger partial charge in [0.2, 0.25) is 0 Å². The molecule has 1 aliphatic heterocycles. The third-order valence-electron chi connectivity index (χ3n) is 3.49. The molecule has 0 saturated carbocycles. The summed E-state index contributed by atoms with van der Waals surface area (Å²) in [7, 11) is 1.80. The minimum absolute atomic E-state index is 0.0355. The monoisotopic (exact) mass is 280 g/mol. The van der Waals surface area contributed by atoms with Gasteiger partial charge in [0.1, 0.15) is 0 Å². The van der Waals surface area contributed by atoms with Gasteiger partial charge in [0.15, 0.2) is 0 Å². The van der Waals surface area contributed by atoms with Crippen molar-refractivity contribution >= 4 is 11.7 Å². The maximum Gasteiger partial charge on any atom is 0.310 e. The number of ether oxygens (including phenoxy) is 1. The topological polar surface area (TPSA) is 92.9 Å². The van der Waals surface area contributed by atoms with E-state index in [-0.39, 0.29) is 18.3 Å². The molecule has 108 valence electrons. The van der Waals surface area contributed by atoms with Crippen molar-refractivity contribution in [2.24, 2.45) is 5.92 Å². The van der Waals surface area contributed by atoms with Gasteiger partial charge in [-0.25, -0.2) is 0 Å². The van der Waals surface area contributed by atoms with E-state index in [0.29, 0.717) is 13.2 Å². The second kappa shape index (κ2) is 5.98. The van der Waals surface area contributed by atoms with Gasteiger partial charge in [0.25, 0.3) is 5.69 Å². The van der Waals surface area contributed by atoms with Crippen LogP contribution in [0.5, 0.6) is 0 Å². The van der Waals surface area contributed by atoms with Gasteiger partial charge in [-0.3, -0.25) is 19.8 Å². The van der Waals surface area contributed by atoms with Crippen LogP contribution in [0.3, 0.4) is 0 Å². The Hall–Kier alpha value is -1.99. The van der Waals surface area contributed by atoms with Crippen molar-refractivity contribution in [3.8, 4) is 0 Å². The molecule has 7 heteroatoms. The highest BCUT2D eigenvalue weighted by Crippen LogP contribution is 2.22. The van der Waals surface area contributed by atoms with Gasteiger partial charge in [0, 0.05) is 24.7 Å². The lowest BCUT2D eigenvalue weighted by Crippen LogP contribution is -2.40. The van der Waals surface area contributed by atoms with Crippen LogP contribution < -0.4 is 0 Å². The molecule has 0 bridgehead atoms. The Morgan fingerprint density at radius 1 is 1.55 bits per heavy atom. The quantitative estimate of drug-likeness (QED) is 0.642. The number of rotatable bonds is 5. The molecule has 1 aromatic carbocycles. The van der Waals surface area contributed by atoms with E-state index in [4.69, 9.17) is 9.84 Å². The minimum atomic E-state index is -0.876. The van der Waals surface area contributed by atoms with Crippen LogP contribution in [0.15, 0.2) is 24.3 Å². The first-order valence-corrected chi connectivity index (χ1v) is 6.23. The normalized spacial score (nSPS) is 22.1. The summed E-state index contributed by atoms with van der Waals surface area (Å²) in [5.74, 6) is -1.43. The molecule has 1 aromatic rings. The van der Waals surface area contributed by atoms with E-state index in [2.05, 4.69) is 0 Å². The summed E-state index contributed by atoms with van der Waals surface area (Å²) < 4.78 is 5.22. The van der Waals surface area contributed by atoms with Gasteiger partial charge >= 0.3 is 5.97 Å². The van der Waals surface area contributed by atoms with Gasteiger partial charge in [-0.2, -0.15) is 0 Å². The highest BCUT2D eigenvalue weighted by Gasteiger charge is 2.36. The fraction of sp³-hybridized carbons (Fsp3) is 0.462. The number of hydrogen-bond acceptors (Lipinski definition) is 5. The molecule has 2 rings (SSSR count). The Bertz CT molecular complexity index is 519. The Morgan fingerprint density at radius 2 is 2.30 bits per heavy atom. The Balaban J connectivity index is 2.07. The predicted molar refractivity (Wildman–Crippen MR) is 70.3 cm³/mol. The molecule has 1 fully saturated rings. The predicted octanol–water partition coefficient (Wildman–Crippen LogP) is 1.13. The van der Waals surface area contributed by atoms with Gasteiger partial charge in [-0.15, -0.1) is 0 Å². The minimum Gasteiger partial charge on any atom is -0.481 e. The van der Waals surface area contributed by atoms with E-state index in [1.807, 2.05) is 4.90 Å². The van der Waals surface area contributed by atoms with Crippen LogP contribution in [0.25, 0.3) is 0 Å². The van der Waals surface area contributed by atoms with Crippen molar-refractivity contribution < 1.29 is 19.6 Å². The molecule has 7 nitrogen and oxygen atoms in total. The molecular formula is C13H16N2O5. The summed E-state index contributed by atoms with van der Waals surface area (Å²) in [6.07, 6.45) is 0. The molecule has 0 spiro atoms. The van der Waals surface area contributed by atoms with Gasteiger partial charge in [0.05, 0.1) is 24.1 Å². The lowest BCUT2D eigenvalue weighted by atomic mass is 10.0. The van der Waals surface area contributed by atoms with Crippen LogP contribution in [0.1, 0.15) is 5.56 Å². The smallest absolute Gasteiger partial charge is 0.310 e. The van der Waals surface area contributed by atoms with Crippen molar-refractivity contribution in [2.75, 3.05) is 20.3 Å². The summed E-state index contributed by atoms with van der Waals surface area (Å²) in [6, 6.07) is 6.13. The number of hydrogen-bond donors (Lipinski definition) is 1. The average molecular weight is 280 g/mol. The van der Waals surface area contributed by atoms with Crippen LogP contribution in [-0.4, -0.2) is 47.2 Å². The van der Waals surface area contributed by atoms with E-state index in [9.17, 15) is 14.9 Å². The molecule has 2 atom stereocenters. The summed E-state index contributed by atoms with van der Waals surface area (Å²) in [4.78, 5) is 23.3. The van der Waals surface area contributed by atoms with Crippen LogP contribution in [0.2, 0.25) is 0 Å². The zero-order valence-corrected chi connectivity index (χ0v) is 11.1. The number of benzene rings is 1. The maximum absolute atomic E-state index is 11.1. The number of non-ortho nitro benzene ring substituents is 1. The number of nitro benzene ring substituents is 1. The van der Waals surface area contributed by atoms with Crippen molar-refractivity contribution in [1.82, 2.24) is 4.90 Å². The zero-order chi connectivity index (χ0) is 14.7. The molecule has 2 unspecified atom stereocenters. The summed E-state index contributed by atoms with van der Waals surface area (Å²) in [6.45, 7) is 1.02. The van der Waals surface area contributed by atoms with Gasteiger partial charge in [-0.05, 0) is 12.6 Å². The van der Waals surface area contributed by atoms with Crippen molar-refractivity contribution in [1.29, 1.82) is 0 Å². The fourth-order valence-corrected chi connectivity index (χ4v) is 2.39. The lowest BCUT2D eigenvalue weighted by Gasteiger charge is -2.26. The molecule has 1 aliphatic rings. The second-order valence-electron chi connectivity index (χ2n) is 4.89. The first kappa shape index (κ1) is 14.4. The van der Waals surface area contributed by atoms with Gasteiger partial charge < -0.3 is 9.84 Å². The summed E-state index contributed by atoms with van der Waals surface area (Å²) in [5, 5.41) is 19.9. The van der Waals surface area contributed by atoms with Crippen molar-refractivity contribution in [3.63, 3.8) is 0 Å².